The maximum absolute atomic E-state index is 13.1. The molecule has 2 aromatic carbocycles. The molecule has 184 valence electrons. The molecule has 0 bridgehead atoms. The number of carbonyl (C=O) groups is 2. The molecular weight excluding hydrogens is 458 g/mol. The fourth-order valence-electron chi connectivity index (χ4n) is 3.90. The molecule has 0 spiro atoms. The lowest BCUT2D eigenvalue weighted by atomic mass is 10.1. The third kappa shape index (κ3) is 5.18. The van der Waals surface area contributed by atoms with Crippen molar-refractivity contribution in [1.82, 2.24) is 14.1 Å². The van der Waals surface area contributed by atoms with Gasteiger partial charge in [-0.2, -0.15) is 4.31 Å². The Kier molecular flexibility index (Phi) is 8.16. The summed E-state index contributed by atoms with van der Waals surface area (Å²) in [7, 11) is -0.710. The molecule has 2 amide bonds. The normalized spacial score (nSPS) is 14.5. The second-order valence-electron chi connectivity index (χ2n) is 7.77. The number of carbonyl (C=O) groups excluding carboxylic acids is 2. The Labute approximate surface area is 200 Å². The predicted molar refractivity (Wildman–Crippen MR) is 128 cm³/mol. The summed E-state index contributed by atoms with van der Waals surface area (Å²) >= 11 is 0. The molecule has 0 aromatic heterocycles. The lowest BCUT2D eigenvalue weighted by Gasteiger charge is -2.34. The number of sulfonamides is 1. The number of ether oxygens (including phenoxy) is 2. The highest BCUT2D eigenvalue weighted by atomic mass is 32.2. The van der Waals surface area contributed by atoms with Crippen LogP contribution in [0.3, 0.4) is 0 Å². The van der Waals surface area contributed by atoms with Crippen LogP contribution in [0.5, 0.6) is 11.5 Å². The van der Waals surface area contributed by atoms with Crippen molar-refractivity contribution >= 4 is 21.8 Å². The van der Waals surface area contributed by atoms with Crippen molar-refractivity contribution < 1.29 is 27.5 Å². The minimum Gasteiger partial charge on any atom is -0.493 e. The van der Waals surface area contributed by atoms with Gasteiger partial charge in [-0.3, -0.25) is 9.59 Å². The Morgan fingerprint density at radius 3 is 1.94 bits per heavy atom. The van der Waals surface area contributed by atoms with Crippen LogP contribution >= 0.6 is 0 Å². The molecule has 0 saturated carbocycles. The Morgan fingerprint density at radius 2 is 1.41 bits per heavy atom. The standard InChI is InChI=1S/C24H31N3O6S/c1-5-25(6-2)23(28)18-7-10-20(11-8-18)34(30,31)27-15-13-26(14-16-27)24(29)19-9-12-21(32-3)22(17-19)33-4/h7-12,17H,5-6,13-16H2,1-4H3. The lowest BCUT2D eigenvalue weighted by molar-refractivity contribution is 0.0697. The molecule has 1 heterocycles. The maximum atomic E-state index is 13.1. The van der Waals surface area contributed by atoms with Gasteiger partial charge in [0.05, 0.1) is 19.1 Å². The van der Waals surface area contributed by atoms with Crippen LogP contribution in [0, 0.1) is 0 Å². The number of hydrogen-bond acceptors (Lipinski definition) is 6. The van der Waals surface area contributed by atoms with Crippen LogP contribution in [-0.4, -0.2) is 87.8 Å². The van der Waals surface area contributed by atoms with Crippen LogP contribution in [0.1, 0.15) is 34.6 Å². The van der Waals surface area contributed by atoms with Gasteiger partial charge in [0.25, 0.3) is 11.8 Å². The van der Waals surface area contributed by atoms with Gasteiger partial charge in [-0.05, 0) is 56.3 Å². The van der Waals surface area contributed by atoms with Crippen LogP contribution < -0.4 is 9.47 Å². The highest BCUT2D eigenvalue weighted by molar-refractivity contribution is 7.89. The Balaban J connectivity index is 1.67. The van der Waals surface area contributed by atoms with E-state index in [9.17, 15) is 18.0 Å². The zero-order valence-electron chi connectivity index (χ0n) is 20.0. The second kappa shape index (κ2) is 10.9. The third-order valence-electron chi connectivity index (χ3n) is 5.95. The SMILES string of the molecule is CCN(CC)C(=O)c1ccc(S(=O)(=O)N2CCN(C(=O)c3ccc(OC)c(OC)c3)CC2)cc1. The molecule has 0 unspecified atom stereocenters. The second-order valence-corrected chi connectivity index (χ2v) is 9.71. The molecule has 34 heavy (non-hydrogen) atoms. The summed E-state index contributed by atoms with van der Waals surface area (Å²) in [4.78, 5) is 28.8. The van der Waals surface area contributed by atoms with Crippen molar-refractivity contribution in [2.45, 2.75) is 18.7 Å². The molecule has 0 radical (unpaired) electrons. The van der Waals surface area contributed by atoms with Gasteiger partial charge >= 0.3 is 0 Å². The van der Waals surface area contributed by atoms with Gasteiger partial charge in [0, 0.05) is 50.4 Å². The molecule has 2 aromatic rings. The molecule has 0 aliphatic carbocycles. The van der Waals surface area contributed by atoms with E-state index in [-0.39, 0.29) is 42.9 Å². The number of amides is 2. The molecule has 1 aliphatic heterocycles. The van der Waals surface area contributed by atoms with E-state index in [1.165, 1.54) is 30.7 Å². The molecular formula is C24H31N3O6S. The highest BCUT2D eigenvalue weighted by Crippen LogP contribution is 2.28. The highest BCUT2D eigenvalue weighted by Gasteiger charge is 2.31. The third-order valence-corrected chi connectivity index (χ3v) is 7.86. The molecule has 10 heteroatoms. The van der Waals surface area contributed by atoms with E-state index in [1.54, 1.807) is 40.1 Å². The molecule has 1 fully saturated rings. The molecule has 1 aliphatic rings. The summed E-state index contributed by atoms with van der Waals surface area (Å²) in [6.45, 7) is 5.87. The summed E-state index contributed by atoms with van der Waals surface area (Å²) in [5, 5.41) is 0. The minimum atomic E-state index is -3.74. The van der Waals surface area contributed by atoms with Crippen LogP contribution in [0.2, 0.25) is 0 Å². The van der Waals surface area contributed by atoms with E-state index in [4.69, 9.17) is 9.47 Å². The summed E-state index contributed by atoms with van der Waals surface area (Å²) < 4.78 is 38.1. The number of rotatable bonds is 8. The Morgan fingerprint density at radius 1 is 0.853 bits per heavy atom. The number of hydrogen-bond donors (Lipinski definition) is 0. The van der Waals surface area contributed by atoms with Crippen LogP contribution in [-0.2, 0) is 10.0 Å². The first-order valence-corrected chi connectivity index (χ1v) is 12.6. The molecule has 3 rings (SSSR count). The number of methoxy groups -OCH3 is 2. The van der Waals surface area contributed by atoms with E-state index < -0.39 is 10.0 Å². The zero-order chi connectivity index (χ0) is 24.9. The van der Waals surface area contributed by atoms with Crippen molar-refractivity contribution in [1.29, 1.82) is 0 Å². The van der Waals surface area contributed by atoms with Crippen molar-refractivity contribution in [3.63, 3.8) is 0 Å². The minimum absolute atomic E-state index is 0.128. The monoisotopic (exact) mass is 489 g/mol. The van der Waals surface area contributed by atoms with Crippen molar-refractivity contribution in [2.75, 3.05) is 53.5 Å². The average molecular weight is 490 g/mol. The van der Waals surface area contributed by atoms with Crippen LogP contribution in [0.4, 0.5) is 0 Å². The van der Waals surface area contributed by atoms with Crippen molar-refractivity contribution in [2.24, 2.45) is 0 Å². The van der Waals surface area contributed by atoms with Gasteiger partial charge < -0.3 is 19.3 Å². The lowest BCUT2D eigenvalue weighted by Crippen LogP contribution is -2.50. The van der Waals surface area contributed by atoms with Gasteiger partial charge in [0.2, 0.25) is 10.0 Å². The van der Waals surface area contributed by atoms with E-state index in [2.05, 4.69) is 0 Å². The molecule has 9 nitrogen and oxygen atoms in total. The quantitative estimate of drug-likeness (QED) is 0.565. The number of benzene rings is 2. The summed E-state index contributed by atoms with van der Waals surface area (Å²) in [5.74, 6) is 0.658. The first-order chi connectivity index (χ1) is 16.3. The fourth-order valence-corrected chi connectivity index (χ4v) is 5.32. The summed E-state index contributed by atoms with van der Waals surface area (Å²) in [5.41, 5.74) is 0.899. The number of nitrogens with zero attached hydrogens (tertiary/aromatic N) is 3. The van der Waals surface area contributed by atoms with Crippen molar-refractivity contribution in [3.8, 4) is 11.5 Å². The van der Waals surface area contributed by atoms with Crippen LogP contribution in [0.15, 0.2) is 47.4 Å². The van der Waals surface area contributed by atoms with Gasteiger partial charge in [-0.25, -0.2) is 8.42 Å². The van der Waals surface area contributed by atoms with Gasteiger partial charge in [0.1, 0.15) is 0 Å². The Hall–Kier alpha value is -3.11. The molecule has 0 N–H and O–H groups in total. The van der Waals surface area contributed by atoms with E-state index in [0.717, 1.165) is 0 Å². The van der Waals surface area contributed by atoms with Gasteiger partial charge in [-0.1, -0.05) is 0 Å². The molecule has 1 saturated heterocycles. The first kappa shape index (κ1) is 25.5. The smallest absolute Gasteiger partial charge is 0.254 e. The van der Waals surface area contributed by atoms with E-state index in [1.807, 2.05) is 13.8 Å². The maximum Gasteiger partial charge on any atom is 0.254 e. The fraction of sp³-hybridized carbons (Fsp3) is 0.417. The predicted octanol–water partition coefficient (Wildman–Crippen LogP) is 2.33. The van der Waals surface area contributed by atoms with E-state index in [0.29, 0.717) is 35.7 Å². The zero-order valence-corrected chi connectivity index (χ0v) is 20.8. The summed E-state index contributed by atoms with van der Waals surface area (Å²) in [6.07, 6.45) is 0. The topological polar surface area (TPSA) is 96.5 Å². The van der Waals surface area contributed by atoms with E-state index >= 15 is 0 Å². The first-order valence-electron chi connectivity index (χ1n) is 11.2. The average Bonchev–Trinajstić information content (AvgIpc) is 2.88. The Bertz CT molecular complexity index is 1120. The number of piperazine rings is 1. The molecule has 0 atom stereocenters. The van der Waals surface area contributed by atoms with Gasteiger partial charge in [-0.15, -0.1) is 0 Å². The van der Waals surface area contributed by atoms with Crippen LogP contribution in [0.25, 0.3) is 0 Å². The van der Waals surface area contributed by atoms with Gasteiger partial charge in [0.15, 0.2) is 11.5 Å². The largest absolute Gasteiger partial charge is 0.493 e. The van der Waals surface area contributed by atoms with Crippen molar-refractivity contribution in [3.05, 3.63) is 53.6 Å². The summed E-state index contributed by atoms with van der Waals surface area (Å²) in [6, 6.07) is 11.0.